The molecule has 0 aromatic heterocycles. The summed E-state index contributed by atoms with van der Waals surface area (Å²) >= 11 is 0. The molecule has 9 heteroatoms. The van der Waals surface area contributed by atoms with Gasteiger partial charge in [0.2, 0.25) is 15.9 Å². The number of hydrogen-bond donors (Lipinski definition) is 0. The molecule has 8 nitrogen and oxygen atoms in total. The Morgan fingerprint density at radius 1 is 1.13 bits per heavy atom. The Morgan fingerprint density at radius 2 is 1.77 bits per heavy atom. The Bertz CT molecular complexity index is 942. The first kappa shape index (κ1) is 22.1. The molecule has 3 aliphatic heterocycles. The van der Waals surface area contributed by atoms with Crippen molar-refractivity contribution in [3.05, 3.63) is 35.9 Å². The van der Waals surface area contributed by atoms with Crippen molar-refractivity contribution >= 4 is 22.0 Å². The number of carbonyl (C=O) groups is 2. The van der Waals surface area contributed by atoms with E-state index in [2.05, 4.69) is 0 Å². The van der Waals surface area contributed by atoms with Gasteiger partial charge in [-0.1, -0.05) is 30.3 Å². The highest BCUT2D eigenvalue weighted by atomic mass is 32.2. The first-order valence-electron chi connectivity index (χ1n) is 11.0. The van der Waals surface area contributed by atoms with Gasteiger partial charge >= 0.3 is 6.03 Å². The second-order valence-electron chi connectivity index (χ2n) is 9.12. The minimum atomic E-state index is -3.42. The zero-order valence-electron chi connectivity index (χ0n) is 18.5. The molecular formula is C22H32N4O4S. The van der Waals surface area contributed by atoms with Crippen molar-refractivity contribution in [3.8, 4) is 0 Å². The highest BCUT2D eigenvalue weighted by Crippen LogP contribution is 2.50. The molecule has 31 heavy (non-hydrogen) atoms. The quantitative estimate of drug-likeness (QED) is 0.698. The normalized spacial score (nSPS) is 25.8. The molecule has 0 N–H and O–H groups in total. The summed E-state index contributed by atoms with van der Waals surface area (Å²) < 4.78 is 27.6. The number of rotatable bonds is 4. The SMILES string of the molecule is CCN1C(=O)[C@H]2CN(C(=O)N(C)C)C[C@H]2C12CCN(S(=O)(=O)Cc1ccccc1)CC2. The molecule has 3 aliphatic rings. The smallest absolute Gasteiger partial charge is 0.319 e. The van der Waals surface area contributed by atoms with Crippen LogP contribution >= 0.6 is 0 Å². The van der Waals surface area contributed by atoms with E-state index >= 15 is 0 Å². The van der Waals surface area contributed by atoms with Crippen molar-refractivity contribution in [2.45, 2.75) is 31.1 Å². The number of carbonyl (C=O) groups excluding carboxylic acids is 2. The van der Waals surface area contributed by atoms with Gasteiger partial charge < -0.3 is 14.7 Å². The van der Waals surface area contributed by atoms with Crippen LogP contribution in [0.3, 0.4) is 0 Å². The Hall–Kier alpha value is -2.13. The number of benzene rings is 1. The van der Waals surface area contributed by atoms with Crippen LogP contribution < -0.4 is 0 Å². The third-order valence-corrected chi connectivity index (χ3v) is 9.12. The molecule has 0 radical (unpaired) electrons. The maximum atomic E-state index is 13.2. The molecule has 4 rings (SSSR count). The summed E-state index contributed by atoms with van der Waals surface area (Å²) in [7, 11) is 0.0301. The van der Waals surface area contributed by atoms with Crippen molar-refractivity contribution in [3.63, 3.8) is 0 Å². The molecule has 1 aromatic rings. The van der Waals surface area contributed by atoms with Crippen LogP contribution in [0, 0.1) is 11.8 Å². The van der Waals surface area contributed by atoms with Gasteiger partial charge in [0.1, 0.15) is 0 Å². The molecule has 3 heterocycles. The van der Waals surface area contributed by atoms with Crippen LogP contribution in [0.15, 0.2) is 30.3 Å². The zero-order valence-corrected chi connectivity index (χ0v) is 19.3. The first-order valence-corrected chi connectivity index (χ1v) is 12.6. The van der Waals surface area contributed by atoms with Gasteiger partial charge in [0, 0.05) is 52.7 Å². The van der Waals surface area contributed by atoms with Crippen LogP contribution in [-0.2, 0) is 20.6 Å². The Labute approximate surface area is 184 Å². The molecule has 170 valence electrons. The number of likely N-dealkylation sites (tertiary alicyclic amines) is 2. The fourth-order valence-electron chi connectivity index (χ4n) is 5.80. The maximum absolute atomic E-state index is 13.2. The largest absolute Gasteiger partial charge is 0.337 e. The second-order valence-corrected chi connectivity index (χ2v) is 11.1. The summed E-state index contributed by atoms with van der Waals surface area (Å²) in [6.07, 6.45) is 1.23. The van der Waals surface area contributed by atoms with E-state index in [1.165, 1.54) is 0 Å². The van der Waals surface area contributed by atoms with Crippen molar-refractivity contribution in [2.24, 2.45) is 11.8 Å². The standard InChI is InChI=1S/C22H32N4O4S/c1-4-26-20(27)18-14-24(21(28)23(2)3)15-19(18)22(26)10-12-25(13-11-22)31(29,30)16-17-8-6-5-7-9-17/h5-9,18-19H,4,10-16H2,1-3H3/t18-,19+/m0/s1. The van der Waals surface area contributed by atoms with Gasteiger partial charge in [-0.3, -0.25) is 4.79 Å². The molecule has 0 aliphatic carbocycles. The summed E-state index contributed by atoms with van der Waals surface area (Å²) in [5.41, 5.74) is 0.416. The monoisotopic (exact) mass is 448 g/mol. The van der Waals surface area contributed by atoms with Crippen LogP contribution in [0.2, 0.25) is 0 Å². The molecule has 2 atom stereocenters. The van der Waals surface area contributed by atoms with Crippen molar-refractivity contribution in [1.29, 1.82) is 0 Å². The Kier molecular flexibility index (Phi) is 5.76. The summed E-state index contributed by atoms with van der Waals surface area (Å²) in [6, 6.07) is 9.16. The van der Waals surface area contributed by atoms with Crippen LogP contribution in [-0.4, -0.2) is 91.7 Å². The Morgan fingerprint density at radius 3 is 2.35 bits per heavy atom. The van der Waals surface area contributed by atoms with Gasteiger partial charge in [-0.05, 0) is 25.3 Å². The van der Waals surface area contributed by atoms with Crippen LogP contribution in [0.4, 0.5) is 4.79 Å². The van der Waals surface area contributed by atoms with Crippen LogP contribution in [0.5, 0.6) is 0 Å². The van der Waals surface area contributed by atoms with E-state index in [0.717, 1.165) is 5.56 Å². The lowest BCUT2D eigenvalue weighted by Gasteiger charge is -2.47. The molecule has 0 unspecified atom stereocenters. The highest BCUT2D eigenvalue weighted by Gasteiger charge is 2.62. The number of hydrogen-bond acceptors (Lipinski definition) is 4. The topological polar surface area (TPSA) is 81.2 Å². The van der Waals surface area contributed by atoms with Gasteiger partial charge in [-0.2, -0.15) is 0 Å². The predicted molar refractivity (Wildman–Crippen MR) is 118 cm³/mol. The van der Waals surface area contributed by atoms with Gasteiger partial charge in [0.15, 0.2) is 0 Å². The third-order valence-electron chi connectivity index (χ3n) is 7.27. The lowest BCUT2D eigenvalue weighted by molar-refractivity contribution is -0.134. The minimum absolute atomic E-state index is 0.00553. The molecule has 1 spiro atoms. The summed E-state index contributed by atoms with van der Waals surface area (Å²) in [4.78, 5) is 31.0. The van der Waals surface area contributed by atoms with E-state index in [0.29, 0.717) is 45.6 Å². The number of urea groups is 1. The van der Waals surface area contributed by atoms with Gasteiger partial charge in [0.25, 0.3) is 0 Å². The number of fused-ring (bicyclic) bond motifs is 2. The molecule has 3 amide bonds. The molecule has 3 saturated heterocycles. The molecule has 3 fully saturated rings. The van der Waals surface area contributed by atoms with E-state index in [4.69, 9.17) is 0 Å². The predicted octanol–water partition coefficient (Wildman–Crippen LogP) is 1.44. The summed E-state index contributed by atoms with van der Waals surface area (Å²) in [6.45, 7) is 4.43. The number of amides is 3. The number of sulfonamides is 1. The molecule has 0 saturated carbocycles. The van der Waals surface area contributed by atoms with Crippen molar-refractivity contribution < 1.29 is 18.0 Å². The van der Waals surface area contributed by atoms with E-state index in [-0.39, 0.29) is 35.1 Å². The van der Waals surface area contributed by atoms with E-state index < -0.39 is 10.0 Å². The fraction of sp³-hybridized carbons (Fsp3) is 0.636. The molecule has 0 bridgehead atoms. The van der Waals surface area contributed by atoms with Crippen molar-refractivity contribution in [1.82, 2.24) is 19.0 Å². The lowest BCUT2D eigenvalue weighted by atomic mass is 9.75. The van der Waals surface area contributed by atoms with E-state index in [9.17, 15) is 18.0 Å². The van der Waals surface area contributed by atoms with Crippen LogP contribution in [0.25, 0.3) is 0 Å². The summed E-state index contributed by atoms with van der Waals surface area (Å²) in [5.74, 6) is -0.0182. The van der Waals surface area contributed by atoms with E-state index in [1.807, 2.05) is 42.2 Å². The summed E-state index contributed by atoms with van der Waals surface area (Å²) in [5, 5.41) is 0. The maximum Gasteiger partial charge on any atom is 0.319 e. The van der Waals surface area contributed by atoms with Gasteiger partial charge in [-0.15, -0.1) is 0 Å². The average molecular weight is 449 g/mol. The average Bonchev–Trinajstić information content (AvgIpc) is 3.27. The van der Waals surface area contributed by atoms with Gasteiger partial charge in [-0.25, -0.2) is 17.5 Å². The second kappa shape index (κ2) is 8.09. The zero-order chi connectivity index (χ0) is 22.4. The number of nitrogens with zero attached hydrogens (tertiary/aromatic N) is 4. The highest BCUT2D eigenvalue weighted by molar-refractivity contribution is 7.88. The molecule has 1 aromatic carbocycles. The minimum Gasteiger partial charge on any atom is -0.337 e. The number of piperidine rings is 1. The van der Waals surface area contributed by atoms with Gasteiger partial charge in [0.05, 0.1) is 17.2 Å². The van der Waals surface area contributed by atoms with Crippen molar-refractivity contribution in [2.75, 3.05) is 46.8 Å². The first-order chi connectivity index (χ1) is 14.7. The van der Waals surface area contributed by atoms with Crippen LogP contribution in [0.1, 0.15) is 25.3 Å². The lowest BCUT2D eigenvalue weighted by Crippen LogP contribution is -2.58. The van der Waals surface area contributed by atoms with E-state index in [1.54, 1.807) is 28.2 Å². The third kappa shape index (κ3) is 3.71. The molecular weight excluding hydrogens is 416 g/mol. The fourth-order valence-corrected chi connectivity index (χ4v) is 7.33. The Balaban J connectivity index is 1.51.